The van der Waals surface area contributed by atoms with E-state index in [-0.39, 0.29) is 0 Å². The maximum atomic E-state index is 3.54. The number of hydrogen-bond donors (Lipinski definition) is 1. The summed E-state index contributed by atoms with van der Waals surface area (Å²) in [5.41, 5.74) is 0. The van der Waals surface area contributed by atoms with Crippen LogP contribution in [0.3, 0.4) is 0 Å². The van der Waals surface area contributed by atoms with Crippen LogP contribution in [0.5, 0.6) is 0 Å². The Morgan fingerprint density at radius 2 is 1.70 bits per heavy atom. The molecule has 0 spiro atoms. The summed E-state index contributed by atoms with van der Waals surface area (Å²) in [6.07, 6.45) is 8.54. The van der Waals surface area contributed by atoms with Crippen molar-refractivity contribution in [1.82, 2.24) is 15.1 Å². The fourth-order valence-corrected chi connectivity index (χ4v) is 3.60. The summed E-state index contributed by atoms with van der Waals surface area (Å²) in [4.78, 5) is 5.43. The third-order valence-electron chi connectivity index (χ3n) is 4.88. The van der Waals surface area contributed by atoms with E-state index in [4.69, 9.17) is 0 Å². The van der Waals surface area contributed by atoms with E-state index < -0.39 is 0 Å². The first kappa shape index (κ1) is 16.3. The van der Waals surface area contributed by atoms with Crippen LogP contribution in [0.2, 0.25) is 0 Å². The molecule has 1 aliphatic carbocycles. The average molecular weight is 281 g/mol. The predicted molar refractivity (Wildman–Crippen MR) is 87.2 cm³/mol. The summed E-state index contributed by atoms with van der Waals surface area (Å²) >= 11 is 0. The maximum Gasteiger partial charge on any atom is 0.0113 e. The highest BCUT2D eigenvalue weighted by molar-refractivity contribution is 4.81. The molecule has 20 heavy (non-hydrogen) atoms. The molecule has 3 nitrogen and oxygen atoms in total. The highest BCUT2D eigenvalue weighted by Gasteiger charge is 2.25. The molecule has 0 amide bonds. The first-order valence-corrected chi connectivity index (χ1v) is 8.93. The third kappa shape index (κ3) is 5.71. The normalized spacial score (nSPS) is 22.9. The molecule has 0 aromatic rings. The molecule has 0 unspecified atom stereocenters. The van der Waals surface area contributed by atoms with Crippen molar-refractivity contribution in [1.29, 1.82) is 0 Å². The van der Waals surface area contributed by atoms with Gasteiger partial charge in [-0.15, -0.1) is 0 Å². The highest BCUT2D eigenvalue weighted by atomic mass is 15.3. The lowest BCUT2D eigenvalue weighted by molar-refractivity contribution is 0.0968. The number of nitrogens with zero attached hydrogens (tertiary/aromatic N) is 2. The zero-order valence-corrected chi connectivity index (χ0v) is 13.7. The van der Waals surface area contributed by atoms with E-state index in [0.29, 0.717) is 0 Å². The maximum absolute atomic E-state index is 3.54. The Labute approximate surface area is 126 Å². The lowest BCUT2D eigenvalue weighted by Crippen LogP contribution is -2.49. The van der Waals surface area contributed by atoms with Gasteiger partial charge in [0.05, 0.1) is 0 Å². The molecule has 0 aromatic carbocycles. The number of nitrogens with one attached hydrogen (secondary N) is 1. The minimum atomic E-state index is 0.777. The SMILES string of the molecule is CC(C)CNCCCCN1CCN(C2CCCC2)CC1. The molecular weight excluding hydrogens is 246 g/mol. The zero-order chi connectivity index (χ0) is 14.2. The van der Waals surface area contributed by atoms with Crippen molar-refractivity contribution in [2.24, 2.45) is 5.92 Å². The van der Waals surface area contributed by atoms with Gasteiger partial charge in [-0.2, -0.15) is 0 Å². The molecule has 3 heteroatoms. The summed E-state index contributed by atoms with van der Waals surface area (Å²) in [7, 11) is 0. The predicted octanol–water partition coefficient (Wildman–Crippen LogP) is 2.57. The smallest absolute Gasteiger partial charge is 0.0113 e. The fourth-order valence-electron chi connectivity index (χ4n) is 3.60. The number of hydrogen-bond acceptors (Lipinski definition) is 3. The van der Waals surface area contributed by atoms with Crippen LogP contribution in [0.15, 0.2) is 0 Å². The Morgan fingerprint density at radius 1 is 1.00 bits per heavy atom. The van der Waals surface area contributed by atoms with E-state index in [9.17, 15) is 0 Å². The second-order valence-electron chi connectivity index (χ2n) is 7.12. The molecule has 1 saturated heterocycles. The molecule has 0 aromatic heterocycles. The average Bonchev–Trinajstić information content (AvgIpc) is 2.97. The van der Waals surface area contributed by atoms with Crippen LogP contribution in [0.4, 0.5) is 0 Å². The van der Waals surface area contributed by atoms with Crippen LogP contribution < -0.4 is 5.32 Å². The molecular formula is C17H35N3. The monoisotopic (exact) mass is 281 g/mol. The van der Waals surface area contributed by atoms with E-state index in [0.717, 1.165) is 12.0 Å². The lowest BCUT2D eigenvalue weighted by Gasteiger charge is -2.38. The molecule has 2 aliphatic rings. The van der Waals surface area contributed by atoms with Gasteiger partial charge >= 0.3 is 0 Å². The van der Waals surface area contributed by atoms with Gasteiger partial charge in [0, 0.05) is 32.2 Å². The zero-order valence-electron chi connectivity index (χ0n) is 13.7. The minimum absolute atomic E-state index is 0.777. The summed E-state index contributed by atoms with van der Waals surface area (Å²) < 4.78 is 0. The Kier molecular flexibility index (Phi) is 7.32. The van der Waals surface area contributed by atoms with Gasteiger partial charge in [0.2, 0.25) is 0 Å². The molecule has 1 saturated carbocycles. The van der Waals surface area contributed by atoms with Gasteiger partial charge in [0.15, 0.2) is 0 Å². The minimum Gasteiger partial charge on any atom is -0.316 e. The summed E-state index contributed by atoms with van der Waals surface area (Å²) in [6, 6.07) is 0.928. The first-order chi connectivity index (χ1) is 9.75. The number of piperazine rings is 1. The van der Waals surface area contributed by atoms with Crippen molar-refractivity contribution in [3.05, 3.63) is 0 Å². The van der Waals surface area contributed by atoms with Crippen LogP contribution in [-0.2, 0) is 0 Å². The lowest BCUT2D eigenvalue weighted by atomic mass is 10.1. The largest absolute Gasteiger partial charge is 0.316 e. The summed E-state index contributed by atoms with van der Waals surface area (Å²) in [6.45, 7) is 13.5. The van der Waals surface area contributed by atoms with Crippen molar-refractivity contribution in [3.8, 4) is 0 Å². The van der Waals surface area contributed by atoms with E-state index in [1.54, 1.807) is 0 Å². The second kappa shape index (κ2) is 9.01. The summed E-state index contributed by atoms with van der Waals surface area (Å²) in [5, 5.41) is 3.54. The van der Waals surface area contributed by atoms with Crippen LogP contribution >= 0.6 is 0 Å². The third-order valence-corrected chi connectivity index (χ3v) is 4.88. The van der Waals surface area contributed by atoms with E-state index in [1.165, 1.54) is 84.3 Å². The van der Waals surface area contributed by atoms with Gasteiger partial charge in [-0.25, -0.2) is 0 Å². The highest BCUT2D eigenvalue weighted by Crippen LogP contribution is 2.24. The molecule has 2 fully saturated rings. The van der Waals surface area contributed by atoms with Gasteiger partial charge in [-0.05, 0) is 51.2 Å². The quantitative estimate of drug-likeness (QED) is 0.690. The van der Waals surface area contributed by atoms with Crippen molar-refractivity contribution in [3.63, 3.8) is 0 Å². The number of rotatable bonds is 8. The van der Waals surface area contributed by atoms with Crippen molar-refractivity contribution < 1.29 is 0 Å². The molecule has 0 atom stereocenters. The molecule has 0 radical (unpaired) electrons. The van der Waals surface area contributed by atoms with E-state index >= 15 is 0 Å². The number of unbranched alkanes of at least 4 members (excludes halogenated alkanes) is 1. The van der Waals surface area contributed by atoms with Crippen molar-refractivity contribution >= 4 is 0 Å². The second-order valence-corrected chi connectivity index (χ2v) is 7.12. The molecule has 0 bridgehead atoms. The molecule has 1 N–H and O–H groups in total. The standard InChI is InChI=1S/C17H35N3/c1-16(2)15-18-9-5-6-10-19-11-13-20(14-12-19)17-7-3-4-8-17/h16-18H,3-15H2,1-2H3. The van der Waals surface area contributed by atoms with Gasteiger partial charge in [0.25, 0.3) is 0 Å². The topological polar surface area (TPSA) is 18.5 Å². The fraction of sp³-hybridized carbons (Fsp3) is 1.00. The van der Waals surface area contributed by atoms with E-state index in [1.807, 2.05) is 0 Å². The van der Waals surface area contributed by atoms with Crippen LogP contribution in [0, 0.1) is 5.92 Å². The summed E-state index contributed by atoms with van der Waals surface area (Å²) in [5.74, 6) is 0.777. The van der Waals surface area contributed by atoms with Crippen molar-refractivity contribution in [2.75, 3.05) is 45.8 Å². The Balaban J connectivity index is 1.47. The van der Waals surface area contributed by atoms with Gasteiger partial charge in [-0.1, -0.05) is 26.7 Å². The molecule has 1 heterocycles. The Hall–Kier alpha value is -0.120. The Morgan fingerprint density at radius 3 is 2.35 bits per heavy atom. The first-order valence-electron chi connectivity index (χ1n) is 8.93. The Bertz CT molecular complexity index is 241. The van der Waals surface area contributed by atoms with Crippen molar-refractivity contribution in [2.45, 2.75) is 58.4 Å². The van der Waals surface area contributed by atoms with Gasteiger partial charge in [0.1, 0.15) is 0 Å². The molecule has 2 rings (SSSR count). The van der Waals surface area contributed by atoms with E-state index in [2.05, 4.69) is 29.0 Å². The molecule has 1 aliphatic heterocycles. The van der Waals surface area contributed by atoms with Crippen LogP contribution in [-0.4, -0.2) is 61.7 Å². The van der Waals surface area contributed by atoms with Gasteiger partial charge < -0.3 is 10.2 Å². The van der Waals surface area contributed by atoms with Gasteiger partial charge in [-0.3, -0.25) is 4.90 Å². The van der Waals surface area contributed by atoms with Crippen LogP contribution in [0.25, 0.3) is 0 Å². The molecule has 118 valence electrons. The van der Waals surface area contributed by atoms with Crippen LogP contribution in [0.1, 0.15) is 52.4 Å².